The molecule has 0 aromatic carbocycles. The molecule has 0 aliphatic heterocycles. The molecule has 0 spiro atoms. The molecule has 0 bridgehead atoms. The summed E-state index contributed by atoms with van der Waals surface area (Å²) in [6.45, 7) is 0. The second-order valence-corrected chi connectivity index (χ2v) is 0. The number of halogens is 1. The van der Waals surface area contributed by atoms with Gasteiger partial charge < -0.3 is 35.3 Å². The van der Waals surface area contributed by atoms with Crippen LogP contribution < -0.4 is 24.7 Å². The van der Waals surface area contributed by atoms with Crippen molar-refractivity contribution in [1.29, 1.82) is 0 Å². The van der Waals surface area contributed by atoms with E-state index in [1.54, 1.807) is 0 Å². The van der Waals surface area contributed by atoms with Gasteiger partial charge in [-0.2, -0.15) is 0 Å². The monoisotopic (exact) mass is 120 g/mol. The van der Waals surface area contributed by atoms with Crippen molar-refractivity contribution in [2.75, 3.05) is 7.11 Å². The van der Waals surface area contributed by atoms with Gasteiger partial charge in [0.1, 0.15) is 0 Å². The van der Waals surface area contributed by atoms with Crippen LogP contribution in [-0.2, 0) is 0 Å². The Hall–Kier alpha value is 0.130. The summed E-state index contributed by atoms with van der Waals surface area (Å²) in [6.07, 6.45) is 0. The van der Waals surface area contributed by atoms with Gasteiger partial charge in [-0.25, -0.2) is 0 Å². The zero-order valence-corrected chi connectivity index (χ0v) is 5.03. The highest BCUT2D eigenvalue weighted by molar-refractivity contribution is 3.18. The molecule has 0 radical (unpaired) electrons. The minimum atomic E-state index is 0. The lowest BCUT2D eigenvalue weighted by molar-refractivity contribution is -0.00000339. The highest BCUT2D eigenvalue weighted by Gasteiger charge is 0.839. The summed E-state index contributed by atoms with van der Waals surface area (Å²) in [5.41, 5.74) is 0. The zero-order chi connectivity index (χ0) is 2.00. The molecule has 5 heteroatoms. The van der Waals surface area contributed by atoms with Gasteiger partial charge in [0.2, 0.25) is 0 Å². The summed E-state index contributed by atoms with van der Waals surface area (Å²) in [7, 11) is 1.00. The maximum absolute atomic E-state index is 7.00. The smallest absolute Gasteiger partial charge is 0.0319 e. The van der Waals surface area contributed by atoms with Crippen LogP contribution in [0.3, 0.4) is 0 Å². The van der Waals surface area contributed by atoms with Crippen LogP contribution in [0.25, 0.3) is 0 Å². The summed E-state index contributed by atoms with van der Waals surface area (Å²) in [6, 6.07) is 0. The Labute approximate surface area is 43.4 Å². The van der Waals surface area contributed by atoms with Gasteiger partial charge in [-0.05, 0) is 0 Å². The second-order valence-electron chi connectivity index (χ2n) is 0. The lowest BCUT2D eigenvalue weighted by atomic mass is 11.8. The van der Waals surface area contributed by atoms with E-state index in [2.05, 4.69) is 0 Å². The molecule has 0 unspecified atom stereocenters. The number of rotatable bonds is 0. The molecule has 0 aromatic rings. The number of aliphatic hydroxyl groups excluding tert-OH is 1. The third-order valence-electron chi connectivity index (χ3n) is 0. The zero-order valence-electron chi connectivity index (χ0n) is 4.27. The Morgan fingerprint density at radius 1 is 1.00 bits per heavy atom. The van der Waals surface area contributed by atoms with Crippen LogP contribution in [-0.4, -0.2) is 17.7 Å². The minimum absolute atomic E-state index is 0. The van der Waals surface area contributed by atoms with E-state index < -0.39 is 0 Å². The highest BCUT2D eigenvalue weighted by atomic mass is 35.5. The minimum Gasteiger partial charge on any atom is -1.00 e. The molecule has 0 atom stereocenters. The van der Waals surface area contributed by atoms with Crippen LogP contribution in [0.2, 0.25) is 0 Å². The van der Waals surface area contributed by atoms with Crippen molar-refractivity contribution in [1.82, 2.24) is 12.3 Å². The molecule has 10 N–H and O–H groups in total. The molecular weight excluding hydrogens is 107 g/mol. The summed E-state index contributed by atoms with van der Waals surface area (Å²) >= 11 is 0. The lowest BCUT2D eigenvalue weighted by Crippen LogP contribution is -3.00. The van der Waals surface area contributed by atoms with Gasteiger partial charge >= 0.3 is 0 Å². The molecule has 0 amide bonds. The number of quaternary nitrogens is 2. The average Bonchev–Trinajstić information content (AvgIpc) is 1.00. The SMILES string of the molecule is CO.[Cl-].[NH4+].[NH4+].[OH-]. The molecule has 0 aliphatic rings. The van der Waals surface area contributed by atoms with Crippen molar-refractivity contribution in [2.24, 2.45) is 0 Å². The normalized spacial score (nSPS) is 1.00. The largest absolute Gasteiger partial charge is 1.00 e. The molecule has 4 nitrogen and oxygen atoms in total. The van der Waals surface area contributed by atoms with E-state index in [0.717, 1.165) is 7.11 Å². The van der Waals surface area contributed by atoms with E-state index >= 15 is 0 Å². The average molecular weight is 121 g/mol. The number of hydrogen-bond donors (Lipinski definition) is 3. The lowest BCUT2D eigenvalue weighted by Gasteiger charge is -1.21. The molecular formula is CH13ClN2O2. The predicted octanol–water partition coefficient (Wildman–Crippen LogP) is -2.81. The van der Waals surface area contributed by atoms with Gasteiger partial charge in [0.05, 0.1) is 0 Å². The third-order valence-corrected chi connectivity index (χ3v) is 0. The molecule has 0 saturated heterocycles. The van der Waals surface area contributed by atoms with Crippen LogP contribution in [0, 0.1) is 0 Å². The quantitative estimate of drug-likeness (QED) is 0.319. The molecule has 0 heterocycles. The van der Waals surface area contributed by atoms with Crippen molar-refractivity contribution in [3.05, 3.63) is 0 Å². The molecule has 6 heavy (non-hydrogen) atoms. The Morgan fingerprint density at radius 2 is 1.00 bits per heavy atom. The third kappa shape index (κ3) is 2390. The van der Waals surface area contributed by atoms with E-state index in [-0.39, 0.29) is 30.2 Å². The first-order valence-electron chi connectivity index (χ1n) is 0.447. The topological polar surface area (TPSA) is 123 Å². The van der Waals surface area contributed by atoms with Gasteiger partial charge in [0.25, 0.3) is 0 Å². The fourth-order valence-electron chi connectivity index (χ4n) is 0. The fraction of sp³-hybridized carbons (Fsp3) is 1.00. The maximum atomic E-state index is 7.00. The van der Waals surface area contributed by atoms with Gasteiger partial charge in [0.15, 0.2) is 0 Å². The van der Waals surface area contributed by atoms with Gasteiger partial charge in [-0.3, -0.25) is 0 Å². The molecule has 0 fully saturated rings. The summed E-state index contributed by atoms with van der Waals surface area (Å²) < 4.78 is 0. The maximum Gasteiger partial charge on any atom is 0.0319 e. The summed E-state index contributed by atoms with van der Waals surface area (Å²) in [5.74, 6) is 0. The molecule has 46 valence electrons. The van der Waals surface area contributed by atoms with Gasteiger partial charge in [-0.15, -0.1) is 0 Å². The second kappa shape index (κ2) is 5180. The first-order valence-corrected chi connectivity index (χ1v) is 0.447. The van der Waals surface area contributed by atoms with E-state index in [0.29, 0.717) is 0 Å². The Bertz CT molecular complexity index is 11.5. The van der Waals surface area contributed by atoms with Crippen molar-refractivity contribution in [3.63, 3.8) is 0 Å². The van der Waals surface area contributed by atoms with Gasteiger partial charge in [0, 0.05) is 7.11 Å². The van der Waals surface area contributed by atoms with E-state index in [1.165, 1.54) is 0 Å². The molecule has 0 aliphatic carbocycles. The van der Waals surface area contributed by atoms with E-state index in [1.807, 2.05) is 0 Å². The Balaban J connectivity index is -0.000000000833. The van der Waals surface area contributed by atoms with Crippen molar-refractivity contribution >= 4 is 0 Å². The molecule has 0 aromatic heterocycles. The molecule has 0 saturated carbocycles. The predicted molar refractivity (Wildman–Crippen MR) is 22.0 cm³/mol. The van der Waals surface area contributed by atoms with Crippen molar-refractivity contribution < 1.29 is 23.0 Å². The number of aliphatic hydroxyl groups is 1. The van der Waals surface area contributed by atoms with Crippen molar-refractivity contribution in [2.45, 2.75) is 0 Å². The van der Waals surface area contributed by atoms with E-state index in [9.17, 15) is 0 Å². The van der Waals surface area contributed by atoms with Gasteiger partial charge in [-0.1, -0.05) is 0 Å². The standard InChI is InChI=1S/CH4O.ClH.2H3N.H2O/c1-2;;;;/h2H,1H3;1H;2*1H3;1H2. The first kappa shape index (κ1) is 126. The fourth-order valence-corrected chi connectivity index (χ4v) is 0. The van der Waals surface area contributed by atoms with Crippen molar-refractivity contribution in [3.8, 4) is 0 Å². The Kier molecular flexibility index (Phi) is 109000. The van der Waals surface area contributed by atoms with Crippen LogP contribution in [0.1, 0.15) is 0 Å². The van der Waals surface area contributed by atoms with Crippen LogP contribution >= 0.6 is 0 Å². The van der Waals surface area contributed by atoms with Crippen LogP contribution in [0.4, 0.5) is 0 Å². The molecule has 0 rings (SSSR count). The highest BCUT2D eigenvalue weighted by Crippen LogP contribution is 0.755. The first-order chi connectivity index (χ1) is 1.00. The van der Waals surface area contributed by atoms with Crippen LogP contribution in [0.15, 0.2) is 0 Å². The van der Waals surface area contributed by atoms with Crippen LogP contribution in [0.5, 0.6) is 0 Å². The van der Waals surface area contributed by atoms with E-state index in [4.69, 9.17) is 5.11 Å². The summed E-state index contributed by atoms with van der Waals surface area (Å²) in [5, 5.41) is 7.00. The Morgan fingerprint density at radius 3 is 1.00 bits per heavy atom. The summed E-state index contributed by atoms with van der Waals surface area (Å²) in [4.78, 5) is 0. The number of hydrogen-bond acceptors (Lipinski definition) is 2.